The maximum atomic E-state index is 9.34. The monoisotopic (exact) mass is 255 g/mol. The Kier molecular flexibility index (Phi) is 5.67. The van der Waals surface area contributed by atoms with Crippen molar-refractivity contribution in [3.8, 4) is 0 Å². The molecule has 1 rings (SSSR count). The van der Waals surface area contributed by atoms with Crippen LogP contribution in [0.4, 0.5) is 0 Å². The first-order valence-corrected chi connectivity index (χ1v) is 7.78. The van der Waals surface area contributed by atoms with E-state index < -0.39 is 0 Å². The second kappa shape index (κ2) is 6.38. The largest absolute Gasteiger partial charge is 0.396 e. The Morgan fingerprint density at radius 3 is 2.22 bits per heavy atom. The molecule has 18 heavy (non-hydrogen) atoms. The van der Waals surface area contributed by atoms with Crippen LogP contribution in [0.15, 0.2) is 0 Å². The molecule has 3 N–H and O–H groups in total. The summed E-state index contributed by atoms with van der Waals surface area (Å²) in [4.78, 5) is 0. The van der Waals surface area contributed by atoms with Crippen LogP contribution in [-0.4, -0.2) is 17.8 Å². The molecular weight excluding hydrogens is 222 g/mol. The van der Waals surface area contributed by atoms with Crippen LogP contribution in [0.3, 0.4) is 0 Å². The van der Waals surface area contributed by atoms with Gasteiger partial charge in [-0.05, 0) is 55.3 Å². The Hall–Kier alpha value is -0.0800. The van der Waals surface area contributed by atoms with E-state index >= 15 is 0 Å². The average Bonchev–Trinajstić information content (AvgIpc) is 2.38. The maximum absolute atomic E-state index is 9.34. The maximum Gasteiger partial charge on any atom is 0.0436 e. The van der Waals surface area contributed by atoms with Gasteiger partial charge in [-0.15, -0.1) is 0 Å². The van der Waals surface area contributed by atoms with Crippen molar-refractivity contribution in [2.24, 2.45) is 22.5 Å². The lowest BCUT2D eigenvalue weighted by Crippen LogP contribution is -2.46. The molecule has 1 saturated carbocycles. The minimum Gasteiger partial charge on any atom is -0.396 e. The smallest absolute Gasteiger partial charge is 0.0436 e. The summed E-state index contributed by atoms with van der Waals surface area (Å²) in [7, 11) is 0. The van der Waals surface area contributed by atoms with Gasteiger partial charge in [0.15, 0.2) is 0 Å². The SMILES string of the molecule is CCC(N)C1(CCO)CCC(C(C)(C)CC)CC1. The van der Waals surface area contributed by atoms with Gasteiger partial charge in [-0.25, -0.2) is 0 Å². The number of nitrogens with two attached hydrogens (primary N) is 1. The molecule has 1 unspecified atom stereocenters. The molecule has 0 spiro atoms. The minimum absolute atomic E-state index is 0.212. The number of aliphatic hydroxyl groups is 1. The van der Waals surface area contributed by atoms with Crippen LogP contribution >= 0.6 is 0 Å². The van der Waals surface area contributed by atoms with E-state index in [2.05, 4.69) is 27.7 Å². The third-order valence-electron chi connectivity index (χ3n) is 5.83. The van der Waals surface area contributed by atoms with Crippen LogP contribution in [0, 0.1) is 16.7 Å². The quantitative estimate of drug-likeness (QED) is 0.760. The molecule has 0 amide bonds. The van der Waals surface area contributed by atoms with E-state index in [0.29, 0.717) is 5.41 Å². The fourth-order valence-corrected chi connectivity index (χ4v) is 3.72. The van der Waals surface area contributed by atoms with Gasteiger partial charge in [-0.1, -0.05) is 34.1 Å². The fraction of sp³-hybridized carbons (Fsp3) is 1.00. The number of hydrogen-bond acceptors (Lipinski definition) is 2. The molecule has 2 heteroatoms. The molecule has 1 aliphatic rings. The van der Waals surface area contributed by atoms with E-state index in [1.54, 1.807) is 0 Å². The first kappa shape index (κ1) is 16.0. The lowest BCUT2D eigenvalue weighted by molar-refractivity contribution is 0.0371. The van der Waals surface area contributed by atoms with Crippen molar-refractivity contribution >= 4 is 0 Å². The van der Waals surface area contributed by atoms with Gasteiger partial charge in [0.25, 0.3) is 0 Å². The lowest BCUT2D eigenvalue weighted by Gasteiger charge is -2.47. The van der Waals surface area contributed by atoms with E-state index in [1.807, 2.05) is 0 Å². The molecule has 0 bridgehead atoms. The Bertz CT molecular complexity index is 241. The Morgan fingerprint density at radius 2 is 1.83 bits per heavy atom. The molecule has 108 valence electrons. The van der Waals surface area contributed by atoms with Crippen molar-refractivity contribution in [2.75, 3.05) is 6.61 Å². The number of hydrogen-bond donors (Lipinski definition) is 2. The summed E-state index contributed by atoms with van der Waals surface area (Å²) >= 11 is 0. The molecule has 0 heterocycles. The van der Waals surface area contributed by atoms with Crippen molar-refractivity contribution in [3.63, 3.8) is 0 Å². The Balaban J connectivity index is 2.69. The highest BCUT2D eigenvalue weighted by molar-refractivity contribution is 4.95. The third kappa shape index (κ3) is 3.27. The van der Waals surface area contributed by atoms with Crippen molar-refractivity contribution in [1.29, 1.82) is 0 Å². The molecule has 2 nitrogen and oxygen atoms in total. The summed E-state index contributed by atoms with van der Waals surface area (Å²) in [6, 6.07) is 0.260. The molecule has 0 saturated heterocycles. The van der Waals surface area contributed by atoms with Gasteiger partial charge in [0.05, 0.1) is 0 Å². The summed E-state index contributed by atoms with van der Waals surface area (Å²) in [5.74, 6) is 0.832. The second-order valence-electron chi connectivity index (χ2n) is 6.97. The summed E-state index contributed by atoms with van der Waals surface area (Å²) in [6.07, 6.45) is 8.16. The highest BCUT2D eigenvalue weighted by Gasteiger charge is 2.42. The van der Waals surface area contributed by atoms with Crippen molar-refractivity contribution < 1.29 is 5.11 Å². The summed E-state index contributed by atoms with van der Waals surface area (Å²) in [5, 5.41) is 9.34. The van der Waals surface area contributed by atoms with Gasteiger partial charge >= 0.3 is 0 Å². The normalized spacial score (nSPS) is 31.3. The van der Waals surface area contributed by atoms with E-state index in [9.17, 15) is 5.11 Å². The zero-order chi connectivity index (χ0) is 13.8. The first-order valence-electron chi connectivity index (χ1n) is 7.78. The average molecular weight is 255 g/mol. The van der Waals surface area contributed by atoms with Crippen LogP contribution in [0.2, 0.25) is 0 Å². The van der Waals surface area contributed by atoms with Crippen LogP contribution in [0.5, 0.6) is 0 Å². The van der Waals surface area contributed by atoms with Gasteiger partial charge < -0.3 is 10.8 Å². The third-order valence-corrected chi connectivity index (χ3v) is 5.83. The van der Waals surface area contributed by atoms with E-state index in [0.717, 1.165) is 18.8 Å². The fourth-order valence-electron chi connectivity index (χ4n) is 3.72. The Morgan fingerprint density at radius 1 is 1.28 bits per heavy atom. The minimum atomic E-state index is 0.212. The highest BCUT2D eigenvalue weighted by atomic mass is 16.3. The summed E-state index contributed by atoms with van der Waals surface area (Å²) in [6.45, 7) is 9.56. The molecule has 0 aromatic carbocycles. The highest BCUT2D eigenvalue weighted by Crippen LogP contribution is 2.49. The van der Waals surface area contributed by atoms with Crippen LogP contribution in [-0.2, 0) is 0 Å². The van der Waals surface area contributed by atoms with Crippen molar-refractivity contribution in [1.82, 2.24) is 0 Å². The topological polar surface area (TPSA) is 46.2 Å². The zero-order valence-electron chi connectivity index (χ0n) is 12.8. The van der Waals surface area contributed by atoms with Gasteiger partial charge in [0, 0.05) is 12.6 Å². The Labute approximate surface area is 113 Å². The van der Waals surface area contributed by atoms with Gasteiger partial charge in [0.1, 0.15) is 0 Å². The van der Waals surface area contributed by atoms with Crippen LogP contribution in [0.1, 0.15) is 72.6 Å². The van der Waals surface area contributed by atoms with Gasteiger partial charge in [-0.2, -0.15) is 0 Å². The van der Waals surface area contributed by atoms with Crippen molar-refractivity contribution in [3.05, 3.63) is 0 Å². The predicted molar refractivity (Wildman–Crippen MR) is 78.4 cm³/mol. The van der Waals surface area contributed by atoms with E-state index in [4.69, 9.17) is 5.73 Å². The summed E-state index contributed by atoms with van der Waals surface area (Å²) in [5.41, 5.74) is 7.02. The first-order chi connectivity index (χ1) is 8.41. The molecule has 1 fully saturated rings. The van der Waals surface area contributed by atoms with Gasteiger partial charge in [-0.3, -0.25) is 0 Å². The van der Waals surface area contributed by atoms with Crippen LogP contribution < -0.4 is 5.73 Å². The van der Waals surface area contributed by atoms with Crippen LogP contribution in [0.25, 0.3) is 0 Å². The molecule has 0 radical (unpaired) electrons. The molecular formula is C16H33NO. The molecule has 0 aromatic heterocycles. The van der Waals surface area contributed by atoms with Gasteiger partial charge in [0.2, 0.25) is 0 Å². The second-order valence-corrected chi connectivity index (χ2v) is 6.97. The van der Waals surface area contributed by atoms with Crippen molar-refractivity contribution in [2.45, 2.75) is 78.7 Å². The molecule has 1 atom stereocenters. The molecule has 0 aliphatic heterocycles. The standard InChI is InChI=1S/C16H33NO/c1-5-14(17)16(11-12-18)9-7-13(8-10-16)15(3,4)6-2/h13-14,18H,5-12,17H2,1-4H3. The molecule has 1 aliphatic carbocycles. The summed E-state index contributed by atoms with van der Waals surface area (Å²) < 4.78 is 0. The predicted octanol–water partition coefficient (Wildman–Crippen LogP) is 3.72. The van der Waals surface area contributed by atoms with E-state index in [1.165, 1.54) is 32.1 Å². The molecule has 0 aromatic rings. The number of aliphatic hydroxyl groups excluding tert-OH is 1. The lowest BCUT2D eigenvalue weighted by atomic mass is 9.59. The zero-order valence-corrected chi connectivity index (χ0v) is 12.8. The van der Waals surface area contributed by atoms with E-state index in [-0.39, 0.29) is 18.1 Å². The number of rotatable bonds is 6.